The van der Waals surface area contributed by atoms with Crippen molar-refractivity contribution in [1.82, 2.24) is 19.7 Å². The van der Waals surface area contributed by atoms with Crippen molar-refractivity contribution in [1.29, 1.82) is 0 Å². The Kier molecular flexibility index (Phi) is 6.27. The quantitative estimate of drug-likeness (QED) is 0.553. The largest absolute Gasteiger partial charge is 0.496 e. The molecule has 6 nitrogen and oxygen atoms in total. The van der Waals surface area contributed by atoms with Gasteiger partial charge in [0, 0.05) is 48.2 Å². The van der Waals surface area contributed by atoms with Gasteiger partial charge in [-0.25, -0.2) is 4.98 Å². The number of benzene rings is 1. The average molecular weight is 459 g/mol. The van der Waals surface area contributed by atoms with Gasteiger partial charge in [-0.2, -0.15) is 5.10 Å². The van der Waals surface area contributed by atoms with Crippen LogP contribution in [0.4, 0.5) is 0 Å². The second-order valence-corrected chi connectivity index (χ2v) is 8.33. The summed E-state index contributed by atoms with van der Waals surface area (Å²) in [5.74, 6) is 0.870. The van der Waals surface area contributed by atoms with Crippen LogP contribution in [0.3, 0.4) is 0 Å². The lowest BCUT2D eigenvalue weighted by molar-refractivity contribution is -0.130. The summed E-state index contributed by atoms with van der Waals surface area (Å²) in [6.07, 6.45) is 1.09. The van der Waals surface area contributed by atoms with Crippen molar-refractivity contribution in [2.75, 3.05) is 14.2 Å². The molecule has 0 atom stereocenters. The van der Waals surface area contributed by atoms with E-state index in [9.17, 15) is 4.79 Å². The summed E-state index contributed by atoms with van der Waals surface area (Å²) in [6.45, 7) is 6.60. The number of hydrogen-bond acceptors (Lipinski definition) is 4. The van der Waals surface area contributed by atoms with Gasteiger partial charge in [0.25, 0.3) is 0 Å². The Morgan fingerprint density at radius 2 is 1.97 bits per heavy atom. The fourth-order valence-corrected chi connectivity index (χ4v) is 4.28. The molecule has 0 N–H and O–H groups in total. The van der Waals surface area contributed by atoms with Crippen LogP contribution in [-0.4, -0.2) is 39.7 Å². The first-order valence-corrected chi connectivity index (χ1v) is 10.4. The molecule has 2 heterocycles. The topological polar surface area (TPSA) is 60.2 Å². The van der Waals surface area contributed by atoms with E-state index in [0.29, 0.717) is 19.4 Å². The van der Waals surface area contributed by atoms with E-state index >= 15 is 0 Å². The first kappa shape index (κ1) is 21.3. The van der Waals surface area contributed by atoms with Gasteiger partial charge < -0.3 is 9.64 Å². The number of aromatic nitrogens is 3. The summed E-state index contributed by atoms with van der Waals surface area (Å²) in [7, 11) is 5.38. The molecule has 0 fully saturated rings. The summed E-state index contributed by atoms with van der Waals surface area (Å²) in [5.41, 5.74) is 6.10. The van der Waals surface area contributed by atoms with Crippen molar-refractivity contribution >= 4 is 32.9 Å². The minimum absolute atomic E-state index is 0.0915. The van der Waals surface area contributed by atoms with E-state index in [0.717, 1.165) is 43.8 Å². The molecule has 0 saturated carbocycles. The van der Waals surface area contributed by atoms with E-state index in [4.69, 9.17) is 9.72 Å². The maximum atomic E-state index is 12.8. The minimum Gasteiger partial charge on any atom is -0.496 e. The molecular formula is C22H27BrN4O2. The summed E-state index contributed by atoms with van der Waals surface area (Å²) in [4.78, 5) is 19.3. The van der Waals surface area contributed by atoms with Crippen molar-refractivity contribution in [3.05, 3.63) is 50.8 Å². The fraction of sp³-hybridized carbons (Fsp3) is 0.409. The number of carbonyl (C=O) groups is 1. The standard InChI is InChI=1S/C22H27BrN4O2/c1-13-18(14(2)24-22-21(13)15(3)25-27(22)5)8-10-20(28)26(4)12-16-11-17(23)7-9-19(16)29-6/h7,9,11H,8,10,12H2,1-6H3. The highest BCUT2D eigenvalue weighted by molar-refractivity contribution is 9.10. The molecule has 0 aliphatic rings. The van der Waals surface area contributed by atoms with Crippen LogP contribution in [0.2, 0.25) is 0 Å². The van der Waals surface area contributed by atoms with E-state index in [2.05, 4.69) is 28.0 Å². The predicted molar refractivity (Wildman–Crippen MR) is 118 cm³/mol. The van der Waals surface area contributed by atoms with E-state index < -0.39 is 0 Å². The molecule has 7 heteroatoms. The third-order valence-corrected chi connectivity index (χ3v) is 5.89. The van der Waals surface area contributed by atoms with Gasteiger partial charge in [-0.15, -0.1) is 0 Å². The van der Waals surface area contributed by atoms with Crippen LogP contribution in [0.1, 0.15) is 34.5 Å². The number of ether oxygens (including phenoxy) is 1. The van der Waals surface area contributed by atoms with Gasteiger partial charge in [0.2, 0.25) is 5.91 Å². The summed E-state index contributed by atoms with van der Waals surface area (Å²) in [6, 6.07) is 5.82. The number of nitrogens with zero attached hydrogens (tertiary/aromatic N) is 4. The van der Waals surface area contributed by atoms with Crippen molar-refractivity contribution in [3.63, 3.8) is 0 Å². The SMILES string of the molecule is COc1ccc(Br)cc1CN(C)C(=O)CCc1c(C)nc2c(c(C)nn2C)c1C. The number of fused-ring (bicyclic) bond motifs is 1. The molecule has 0 aliphatic carbocycles. The zero-order valence-electron chi connectivity index (χ0n) is 17.8. The number of aryl methyl sites for hydroxylation is 4. The zero-order chi connectivity index (χ0) is 21.3. The van der Waals surface area contributed by atoms with Crippen LogP contribution in [0.5, 0.6) is 5.75 Å². The molecule has 0 bridgehead atoms. The lowest BCUT2D eigenvalue weighted by Gasteiger charge is -2.20. The molecule has 3 aromatic rings. The second-order valence-electron chi connectivity index (χ2n) is 7.41. The Hall–Kier alpha value is -2.41. The molecule has 154 valence electrons. The van der Waals surface area contributed by atoms with Crippen LogP contribution < -0.4 is 4.74 Å². The highest BCUT2D eigenvalue weighted by Gasteiger charge is 2.18. The predicted octanol–water partition coefficient (Wildman–Crippen LogP) is 4.26. The highest BCUT2D eigenvalue weighted by Crippen LogP contribution is 2.27. The molecule has 2 aromatic heterocycles. The van der Waals surface area contributed by atoms with Crippen LogP contribution in [-0.2, 0) is 24.8 Å². The molecule has 1 amide bonds. The van der Waals surface area contributed by atoms with E-state index in [1.165, 1.54) is 5.56 Å². The molecule has 1 aromatic carbocycles. The zero-order valence-corrected chi connectivity index (χ0v) is 19.4. The number of rotatable bonds is 6. The lowest BCUT2D eigenvalue weighted by Crippen LogP contribution is -2.26. The molecule has 0 spiro atoms. The summed E-state index contributed by atoms with van der Waals surface area (Å²) in [5, 5.41) is 5.58. The van der Waals surface area contributed by atoms with Gasteiger partial charge in [-0.3, -0.25) is 9.48 Å². The molecule has 0 aliphatic heterocycles. The first-order chi connectivity index (χ1) is 13.7. The van der Waals surface area contributed by atoms with Crippen LogP contribution in [0.25, 0.3) is 11.0 Å². The summed E-state index contributed by atoms with van der Waals surface area (Å²) >= 11 is 3.48. The van der Waals surface area contributed by atoms with Crippen molar-refractivity contribution < 1.29 is 9.53 Å². The van der Waals surface area contributed by atoms with Crippen LogP contribution in [0, 0.1) is 20.8 Å². The monoisotopic (exact) mass is 458 g/mol. The van der Waals surface area contributed by atoms with Gasteiger partial charge in [-0.1, -0.05) is 15.9 Å². The Morgan fingerprint density at radius 1 is 1.24 bits per heavy atom. The maximum Gasteiger partial charge on any atom is 0.222 e. The minimum atomic E-state index is 0.0915. The van der Waals surface area contributed by atoms with E-state index in [1.807, 2.05) is 50.8 Å². The van der Waals surface area contributed by atoms with Gasteiger partial charge in [0.1, 0.15) is 5.75 Å². The van der Waals surface area contributed by atoms with Crippen LogP contribution in [0.15, 0.2) is 22.7 Å². The Bertz CT molecular complexity index is 1070. The van der Waals surface area contributed by atoms with Gasteiger partial charge >= 0.3 is 0 Å². The van der Waals surface area contributed by atoms with E-state index in [1.54, 1.807) is 12.0 Å². The first-order valence-electron chi connectivity index (χ1n) is 9.58. The molecule has 0 radical (unpaired) electrons. The molecule has 0 unspecified atom stereocenters. The summed E-state index contributed by atoms with van der Waals surface area (Å²) < 4.78 is 8.20. The van der Waals surface area contributed by atoms with Crippen molar-refractivity contribution in [2.24, 2.45) is 7.05 Å². The molecule has 0 saturated heterocycles. The number of pyridine rings is 1. The average Bonchev–Trinajstić information content (AvgIpc) is 2.95. The van der Waals surface area contributed by atoms with Crippen LogP contribution >= 0.6 is 15.9 Å². The smallest absolute Gasteiger partial charge is 0.222 e. The fourth-order valence-electron chi connectivity index (χ4n) is 3.87. The second kappa shape index (κ2) is 8.53. The molecule has 3 rings (SSSR count). The Balaban J connectivity index is 1.75. The molecule has 29 heavy (non-hydrogen) atoms. The number of methoxy groups -OCH3 is 1. The number of amides is 1. The third kappa shape index (κ3) is 4.29. The van der Waals surface area contributed by atoms with Gasteiger partial charge in [-0.05, 0) is 56.5 Å². The normalized spacial score (nSPS) is 11.1. The lowest BCUT2D eigenvalue weighted by atomic mass is 9.99. The van der Waals surface area contributed by atoms with Crippen molar-refractivity contribution in [2.45, 2.75) is 40.2 Å². The Labute approximate surface area is 180 Å². The number of carbonyl (C=O) groups excluding carboxylic acids is 1. The number of halogens is 1. The number of hydrogen-bond donors (Lipinski definition) is 0. The van der Waals surface area contributed by atoms with Gasteiger partial charge in [0.05, 0.1) is 12.8 Å². The molecular weight excluding hydrogens is 432 g/mol. The highest BCUT2D eigenvalue weighted by atomic mass is 79.9. The van der Waals surface area contributed by atoms with Crippen molar-refractivity contribution in [3.8, 4) is 5.75 Å². The Morgan fingerprint density at radius 3 is 2.66 bits per heavy atom. The van der Waals surface area contributed by atoms with E-state index in [-0.39, 0.29) is 5.91 Å². The maximum absolute atomic E-state index is 12.8. The van der Waals surface area contributed by atoms with Gasteiger partial charge in [0.15, 0.2) is 5.65 Å². The third-order valence-electron chi connectivity index (χ3n) is 5.39.